The van der Waals surface area contributed by atoms with E-state index in [1.165, 1.54) is 16.8 Å². The van der Waals surface area contributed by atoms with Crippen LogP contribution in [0.3, 0.4) is 0 Å². The molecular weight excluding hydrogens is 422 g/mol. The molecule has 0 spiro atoms. The van der Waals surface area contributed by atoms with Gasteiger partial charge in [0, 0.05) is 39.1 Å². The molecule has 0 aromatic heterocycles. The van der Waals surface area contributed by atoms with Gasteiger partial charge in [0.05, 0.1) is 12.8 Å². The maximum atomic E-state index is 12.3. The number of methoxy groups -OCH3 is 1. The summed E-state index contributed by atoms with van der Waals surface area (Å²) in [6, 6.07) is 26.9. The van der Waals surface area contributed by atoms with E-state index in [0.29, 0.717) is 13.0 Å². The molecule has 0 radical (unpaired) electrons. The van der Waals surface area contributed by atoms with Gasteiger partial charge >= 0.3 is 0 Å². The van der Waals surface area contributed by atoms with E-state index < -0.39 is 0 Å². The lowest BCUT2D eigenvalue weighted by atomic mass is 10.0. The summed E-state index contributed by atoms with van der Waals surface area (Å²) in [6.07, 6.45) is 2.55. The van der Waals surface area contributed by atoms with Crippen LogP contribution in [-0.4, -0.2) is 50.6 Å². The van der Waals surface area contributed by atoms with Crippen molar-refractivity contribution >= 4 is 11.6 Å². The average Bonchev–Trinajstić information content (AvgIpc) is 2.91. The number of piperazine rings is 1. The maximum Gasteiger partial charge on any atom is 0.220 e. The third-order valence-corrected chi connectivity index (χ3v) is 6.45. The number of para-hydroxylation sites is 2. The molecule has 3 aromatic carbocycles. The number of amides is 1. The molecule has 0 unspecified atom stereocenters. The van der Waals surface area contributed by atoms with Crippen LogP contribution < -0.4 is 15.0 Å². The molecule has 0 saturated carbocycles. The number of nitrogens with zero attached hydrogens (tertiary/aromatic N) is 2. The Balaban J connectivity index is 1.13. The lowest BCUT2D eigenvalue weighted by Gasteiger charge is -2.36. The van der Waals surface area contributed by atoms with Crippen LogP contribution in [0.15, 0.2) is 78.9 Å². The Morgan fingerprint density at radius 2 is 1.59 bits per heavy atom. The molecular formula is C29H35N3O2. The number of hydrogen-bond donors (Lipinski definition) is 1. The van der Waals surface area contributed by atoms with Crippen LogP contribution in [0.5, 0.6) is 5.75 Å². The predicted octanol–water partition coefficient (Wildman–Crippen LogP) is 4.97. The van der Waals surface area contributed by atoms with E-state index in [1.54, 1.807) is 7.11 Å². The number of ether oxygens (including phenoxy) is 1. The van der Waals surface area contributed by atoms with Crippen LogP contribution >= 0.6 is 0 Å². The normalized spacial score (nSPS) is 14.1. The summed E-state index contributed by atoms with van der Waals surface area (Å²) in [5.74, 6) is 1.07. The van der Waals surface area contributed by atoms with Crippen LogP contribution in [0.1, 0.15) is 24.8 Å². The smallest absolute Gasteiger partial charge is 0.220 e. The van der Waals surface area contributed by atoms with Gasteiger partial charge in [-0.05, 0) is 54.3 Å². The second-order valence-electron chi connectivity index (χ2n) is 8.80. The summed E-state index contributed by atoms with van der Waals surface area (Å²) in [5.41, 5.74) is 4.68. The maximum absolute atomic E-state index is 12.3. The van der Waals surface area contributed by atoms with Gasteiger partial charge in [-0.15, -0.1) is 0 Å². The molecule has 5 nitrogen and oxygen atoms in total. The summed E-state index contributed by atoms with van der Waals surface area (Å²) in [4.78, 5) is 17.2. The molecule has 1 fully saturated rings. The van der Waals surface area contributed by atoms with Gasteiger partial charge in [0.25, 0.3) is 0 Å². The van der Waals surface area contributed by atoms with Crippen LogP contribution in [0, 0.1) is 0 Å². The fourth-order valence-corrected chi connectivity index (χ4v) is 4.50. The number of carbonyl (C=O) groups is 1. The van der Waals surface area contributed by atoms with Crippen molar-refractivity contribution in [3.8, 4) is 16.9 Å². The van der Waals surface area contributed by atoms with Crippen LogP contribution in [-0.2, 0) is 11.3 Å². The van der Waals surface area contributed by atoms with E-state index >= 15 is 0 Å². The van der Waals surface area contributed by atoms with E-state index in [4.69, 9.17) is 4.74 Å². The van der Waals surface area contributed by atoms with Gasteiger partial charge < -0.3 is 15.0 Å². The molecule has 1 heterocycles. The lowest BCUT2D eigenvalue weighted by Crippen LogP contribution is -2.46. The number of rotatable bonds is 10. The molecule has 4 rings (SSSR count). The van der Waals surface area contributed by atoms with Crippen LogP contribution in [0.4, 0.5) is 5.69 Å². The summed E-state index contributed by atoms with van der Waals surface area (Å²) in [5, 5.41) is 3.08. The number of unbranched alkanes of at least 4 members (excludes halogenated alkanes) is 1. The molecule has 3 aromatic rings. The third kappa shape index (κ3) is 6.61. The highest BCUT2D eigenvalue weighted by molar-refractivity contribution is 5.76. The molecule has 1 saturated heterocycles. The standard InChI is InChI=1S/C29H35N3O2/c1-34-28-15-6-5-14-27(28)32-20-18-31(19-21-32)17-8-7-16-29(33)30-23-24-10-9-13-26(22-24)25-11-3-2-4-12-25/h2-6,9-15,22H,7-8,16-21,23H2,1H3,(H,30,33). The van der Waals surface area contributed by atoms with Gasteiger partial charge in [0.2, 0.25) is 5.91 Å². The van der Waals surface area contributed by atoms with Crippen molar-refractivity contribution < 1.29 is 9.53 Å². The van der Waals surface area contributed by atoms with Crippen molar-refractivity contribution in [2.45, 2.75) is 25.8 Å². The SMILES string of the molecule is COc1ccccc1N1CCN(CCCCC(=O)NCc2cccc(-c3ccccc3)c2)CC1. The van der Waals surface area contributed by atoms with Gasteiger partial charge in [-0.2, -0.15) is 0 Å². The van der Waals surface area contributed by atoms with Crippen LogP contribution in [0.25, 0.3) is 11.1 Å². The molecule has 1 aliphatic rings. The highest BCUT2D eigenvalue weighted by Crippen LogP contribution is 2.28. The molecule has 178 valence electrons. The molecule has 0 bridgehead atoms. The highest BCUT2D eigenvalue weighted by Gasteiger charge is 2.19. The van der Waals surface area contributed by atoms with E-state index in [1.807, 2.05) is 30.3 Å². The Kier molecular flexibility index (Phi) is 8.58. The zero-order chi connectivity index (χ0) is 23.6. The molecule has 1 N–H and O–H groups in total. The van der Waals surface area contributed by atoms with Crippen molar-refractivity contribution in [3.63, 3.8) is 0 Å². The lowest BCUT2D eigenvalue weighted by molar-refractivity contribution is -0.121. The third-order valence-electron chi connectivity index (χ3n) is 6.45. The quantitative estimate of drug-likeness (QED) is 0.437. The van der Waals surface area contributed by atoms with Gasteiger partial charge in [-0.1, -0.05) is 60.7 Å². The minimum absolute atomic E-state index is 0.131. The first-order valence-electron chi connectivity index (χ1n) is 12.2. The summed E-state index contributed by atoms with van der Waals surface area (Å²) < 4.78 is 5.51. The van der Waals surface area contributed by atoms with Crippen molar-refractivity contribution in [3.05, 3.63) is 84.4 Å². The Hall–Kier alpha value is -3.31. The van der Waals surface area contributed by atoms with Gasteiger partial charge in [-0.3, -0.25) is 9.69 Å². The van der Waals surface area contributed by atoms with Gasteiger partial charge in [-0.25, -0.2) is 0 Å². The van der Waals surface area contributed by atoms with Crippen molar-refractivity contribution in [1.82, 2.24) is 10.2 Å². The topological polar surface area (TPSA) is 44.8 Å². The molecule has 0 aliphatic carbocycles. The van der Waals surface area contributed by atoms with Crippen molar-refractivity contribution in [2.24, 2.45) is 0 Å². The first-order valence-corrected chi connectivity index (χ1v) is 12.2. The zero-order valence-corrected chi connectivity index (χ0v) is 20.1. The number of hydrogen-bond acceptors (Lipinski definition) is 4. The first kappa shape index (κ1) is 23.8. The van der Waals surface area contributed by atoms with Gasteiger partial charge in [0.15, 0.2) is 0 Å². The molecule has 5 heteroatoms. The van der Waals surface area contributed by atoms with Crippen molar-refractivity contribution in [2.75, 3.05) is 44.7 Å². The first-order chi connectivity index (χ1) is 16.7. The largest absolute Gasteiger partial charge is 0.495 e. The minimum Gasteiger partial charge on any atom is -0.495 e. The second-order valence-corrected chi connectivity index (χ2v) is 8.80. The van der Waals surface area contributed by atoms with Gasteiger partial charge in [0.1, 0.15) is 5.75 Å². The van der Waals surface area contributed by atoms with E-state index in [0.717, 1.165) is 56.9 Å². The Labute approximate surface area is 203 Å². The predicted molar refractivity (Wildman–Crippen MR) is 139 cm³/mol. The van der Waals surface area contributed by atoms with E-state index in [-0.39, 0.29) is 5.91 Å². The summed E-state index contributed by atoms with van der Waals surface area (Å²) in [7, 11) is 1.73. The van der Waals surface area contributed by atoms with E-state index in [2.05, 4.69) is 63.6 Å². The monoisotopic (exact) mass is 457 g/mol. The molecule has 1 aliphatic heterocycles. The van der Waals surface area contributed by atoms with E-state index in [9.17, 15) is 4.79 Å². The number of anilines is 1. The van der Waals surface area contributed by atoms with Crippen molar-refractivity contribution in [1.29, 1.82) is 0 Å². The summed E-state index contributed by atoms with van der Waals surface area (Å²) >= 11 is 0. The number of nitrogens with one attached hydrogen (secondary N) is 1. The fraction of sp³-hybridized carbons (Fsp3) is 0.345. The Morgan fingerprint density at radius 1 is 0.853 bits per heavy atom. The number of benzene rings is 3. The second kappa shape index (κ2) is 12.2. The minimum atomic E-state index is 0.131. The molecule has 0 atom stereocenters. The Bertz CT molecular complexity index is 1050. The van der Waals surface area contributed by atoms with Crippen LogP contribution in [0.2, 0.25) is 0 Å². The highest BCUT2D eigenvalue weighted by atomic mass is 16.5. The Morgan fingerprint density at radius 3 is 2.38 bits per heavy atom. The zero-order valence-electron chi connectivity index (χ0n) is 20.1. The fourth-order valence-electron chi connectivity index (χ4n) is 4.50. The molecule has 34 heavy (non-hydrogen) atoms. The average molecular weight is 458 g/mol. The number of carbonyl (C=O) groups excluding carboxylic acids is 1. The molecule has 1 amide bonds. The summed E-state index contributed by atoms with van der Waals surface area (Å²) in [6.45, 7) is 5.71.